The second kappa shape index (κ2) is 12.4. The summed E-state index contributed by atoms with van der Waals surface area (Å²) < 4.78 is 37.7. The first-order valence-corrected chi connectivity index (χ1v) is 12.5. The van der Waals surface area contributed by atoms with Gasteiger partial charge in [-0.15, -0.1) is 0 Å². The Hall–Kier alpha value is -4.14. The molecule has 1 fully saturated rings. The summed E-state index contributed by atoms with van der Waals surface area (Å²) in [6.45, 7) is 1.69. The average Bonchev–Trinajstić information content (AvgIpc) is 2.93. The molecule has 3 aromatic rings. The number of ether oxygens (including phenoxy) is 2. The third kappa shape index (κ3) is 6.40. The van der Waals surface area contributed by atoms with Crippen LogP contribution in [0.5, 0.6) is 11.5 Å². The van der Waals surface area contributed by atoms with Crippen molar-refractivity contribution >= 4 is 17.5 Å². The molecule has 3 aromatic carbocycles. The highest BCUT2D eigenvalue weighted by atomic mass is 19.1. The molecule has 200 valence electrons. The molecule has 2 N–H and O–H groups in total. The number of anilines is 1. The lowest BCUT2D eigenvalue weighted by atomic mass is 10.0. The minimum absolute atomic E-state index is 0.148. The van der Waals surface area contributed by atoms with E-state index in [1.165, 1.54) is 0 Å². The van der Waals surface area contributed by atoms with Crippen LogP contribution in [0.25, 0.3) is 0 Å². The van der Waals surface area contributed by atoms with E-state index in [4.69, 9.17) is 9.47 Å². The van der Waals surface area contributed by atoms with Gasteiger partial charge in [0.25, 0.3) is 11.8 Å². The van der Waals surface area contributed by atoms with Gasteiger partial charge in [-0.3, -0.25) is 9.59 Å². The second-order valence-electron chi connectivity index (χ2n) is 9.07. The fourth-order valence-electron chi connectivity index (χ4n) is 4.59. The number of rotatable bonds is 9. The van der Waals surface area contributed by atoms with Crippen molar-refractivity contribution in [3.8, 4) is 11.5 Å². The summed E-state index contributed by atoms with van der Waals surface area (Å²) in [6, 6.07) is 15.9. The van der Waals surface area contributed by atoms with E-state index in [1.807, 2.05) is 36.4 Å². The lowest BCUT2D eigenvalue weighted by Crippen LogP contribution is -2.45. The van der Waals surface area contributed by atoms with E-state index in [2.05, 4.69) is 15.5 Å². The average molecular weight is 524 g/mol. The van der Waals surface area contributed by atoms with Crippen LogP contribution in [0.2, 0.25) is 0 Å². The Morgan fingerprint density at radius 3 is 2.34 bits per heavy atom. The number of benzene rings is 3. The maximum absolute atomic E-state index is 14.0. The van der Waals surface area contributed by atoms with Crippen LogP contribution in [-0.2, 0) is 6.42 Å². The minimum Gasteiger partial charge on any atom is -0.493 e. The zero-order chi connectivity index (χ0) is 27.1. The monoisotopic (exact) mass is 523 g/mol. The number of methoxy groups -OCH3 is 2. The molecule has 0 aromatic heterocycles. The Balaban J connectivity index is 1.32. The number of carbonyl (C=O) groups is 2. The number of halogens is 2. The van der Waals surface area contributed by atoms with Gasteiger partial charge in [0.15, 0.2) is 11.5 Å². The molecule has 0 spiro atoms. The van der Waals surface area contributed by atoms with Gasteiger partial charge in [-0.05, 0) is 61.2 Å². The Kier molecular flexibility index (Phi) is 8.78. The zero-order valence-electron chi connectivity index (χ0n) is 21.4. The molecule has 0 unspecified atom stereocenters. The van der Waals surface area contributed by atoms with Crippen LogP contribution in [0.4, 0.5) is 14.5 Å². The molecular formula is C29H31F2N3O4. The van der Waals surface area contributed by atoms with Crippen LogP contribution in [-0.4, -0.2) is 51.7 Å². The molecule has 1 saturated heterocycles. The smallest absolute Gasteiger partial charge is 0.254 e. The SMILES string of the molecule is COc1ccc(CCNC(=O)c2ccccc2N2CCC(NC(=O)c3ccc(F)cc3F)CC2)cc1OC. The molecule has 4 rings (SSSR count). The molecule has 0 atom stereocenters. The van der Waals surface area contributed by atoms with E-state index < -0.39 is 17.5 Å². The normalized spacial score (nSPS) is 13.6. The van der Waals surface area contributed by atoms with Gasteiger partial charge in [-0.2, -0.15) is 0 Å². The Morgan fingerprint density at radius 2 is 1.63 bits per heavy atom. The van der Waals surface area contributed by atoms with Crippen LogP contribution < -0.4 is 25.0 Å². The summed E-state index contributed by atoms with van der Waals surface area (Å²) in [5, 5.41) is 5.84. The maximum Gasteiger partial charge on any atom is 0.254 e. The fourth-order valence-corrected chi connectivity index (χ4v) is 4.59. The molecule has 0 radical (unpaired) electrons. The van der Waals surface area contributed by atoms with E-state index in [1.54, 1.807) is 20.3 Å². The highest BCUT2D eigenvalue weighted by Gasteiger charge is 2.25. The van der Waals surface area contributed by atoms with Crippen LogP contribution >= 0.6 is 0 Å². The molecule has 1 aliphatic rings. The van der Waals surface area contributed by atoms with Gasteiger partial charge in [0.2, 0.25) is 0 Å². The number of para-hydroxylation sites is 1. The summed E-state index contributed by atoms with van der Waals surface area (Å²) in [7, 11) is 3.17. The van der Waals surface area contributed by atoms with E-state index in [9.17, 15) is 18.4 Å². The van der Waals surface area contributed by atoms with Gasteiger partial charge in [0.1, 0.15) is 11.6 Å². The van der Waals surface area contributed by atoms with Crippen molar-refractivity contribution in [2.45, 2.75) is 25.3 Å². The van der Waals surface area contributed by atoms with Gasteiger partial charge in [-0.1, -0.05) is 18.2 Å². The predicted molar refractivity (Wildman–Crippen MR) is 141 cm³/mol. The standard InChI is InChI=1S/C29H31F2N3O4/c1-37-26-10-7-19(17-27(26)38-2)11-14-32-28(35)23-5-3-4-6-25(23)34-15-12-21(13-16-34)33-29(36)22-9-8-20(30)18-24(22)31/h3-10,17-18,21H,11-16H2,1-2H3,(H,32,35)(H,33,36). The summed E-state index contributed by atoms with van der Waals surface area (Å²) >= 11 is 0. The largest absolute Gasteiger partial charge is 0.493 e. The van der Waals surface area contributed by atoms with Crippen LogP contribution in [0.15, 0.2) is 60.7 Å². The highest BCUT2D eigenvalue weighted by Crippen LogP contribution is 2.28. The van der Waals surface area contributed by atoms with Crippen LogP contribution in [0.1, 0.15) is 39.1 Å². The number of piperidine rings is 1. The summed E-state index contributed by atoms with van der Waals surface area (Å²) in [5.41, 5.74) is 2.24. The predicted octanol–water partition coefficient (Wildman–Crippen LogP) is 4.35. The minimum atomic E-state index is -0.883. The maximum atomic E-state index is 14.0. The topological polar surface area (TPSA) is 79.9 Å². The van der Waals surface area contributed by atoms with Gasteiger partial charge >= 0.3 is 0 Å². The van der Waals surface area contributed by atoms with Crippen molar-refractivity contribution in [1.82, 2.24) is 10.6 Å². The first kappa shape index (κ1) is 26.9. The van der Waals surface area contributed by atoms with E-state index in [0.29, 0.717) is 62.0 Å². The number of hydrogen-bond donors (Lipinski definition) is 2. The zero-order valence-corrected chi connectivity index (χ0v) is 21.4. The molecule has 2 amide bonds. The number of nitrogens with zero attached hydrogens (tertiary/aromatic N) is 1. The van der Waals surface area contributed by atoms with Crippen molar-refractivity contribution in [1.29, 1.82) is 0 Å². The van der Waals surface area contributed by atoms with Crippen LogP contribution in [0.3, 0.4) is 0 Å². The molecule has 38 heavy (non-hydrogen) atoms. The van der Waals surface area contributed by atoms with E-state index in [-0.39, 0.29) is 17.5 Å². The molecule has 0 saturated carbocycles. The third-order valence-corrected chi connectivity index (χ3v) is 6.64. The summed E-state index contributed by atoms with van der Waals surface area (Å²) in [4.78, 5) is 27.6. The molecule has 1 aliphatic heterocycles. The Morgan fingerprint density at radius 1 is 0.895 bits per heavy atom. The Bertz CT molecular complexity index is 1290. The van der Waals surface area contributed by atoms with Crippen molar-refractivity contribution in [3.63, 3.8) is 0 Å². The highest BCUT2D eigenvalue weighted by molar-refractivity contribution is 6.00. The first-order chi connectivity index (χ1) is 18.4. The van der Waals surface area contributed by atoms with Gasteiger partial charge in [-0.25, -0.2) is 8.78 Å². The van der Waals surface area contributed by atoms with Gasteiger partial charge < -0.3 is 25.0 Å². The van der Waals surface area contributed by atoms with Gasteiger partial charge in [0.05, 0.1) is 25.3 Å². The van der Waals surface area contributed by atoms with Crippen molar-refractivity contribution in [2.24, 2.45) is 0 Å². The van der Waals surface area contributed by atoms with Crippen molar-refractivity contribution in [3.05, 3.63) is 89.0 Å². The number of hydrogen-bond acceptors (Lipinski definition) is 5. The van der Waals surface area contributed by atoms with E-state index in [0.717, 1.165) is 23.4 Å². The lowest BCUT2D eigenvalue weighted by Gasteiger charge is -2.35. The number of amides is 2. The molecular weight excluding hydrogens is 492 g/mol. The Labute approximate surface area is 220 Å². The fraction of sp³-hybridized carbons (Fsp3) is 0.310. The molecule has 0 bridgehead atoms. The van der Waals surface area contributed by atoms with Gasteiger partial charge in [0, 0.05) is 37.4 Å². The first-order valence-electron chi connectivity index (χ1n) is 12.5. The number of carbonyl (C=O) groups excluding carboxylic acids is 2. The molecule has 0 aliphatic carbocycles. The summed E-state index contributed by atoms with van der Waals surface area (Å²) in [5.74, 6) is -1.04. The van der Waals surface area contributed by atoms with E-state index >= 15 is 0 Å². The molecule has 7 nitrogen and oxygen atoms in total. The van der Waals surface area contributed by atoms with Crippen LogP contribution in [0, 0.1) is 11.6 Å². The molecule has 9 heteroatoms. The molecule has 1 heterocycles. The van der Waals surface area contributed by atoms with Crippen molar-refractivity contribution < 1.29 is 27.8 Å². The second-order valence-corrected chi connectivity index (χ2v) is 9.07. The lowest BCUT2D eigenvalue weighted by molar-refractivity contribution is 0.0925. The summed E-state index contributed by atoms with van der Waals surface area (Å²) in [6.07, 6.45) is 1.89. The third-order valence-electron chi connectivity index (χ3n) is 6.64. The number of nitrogens with one attached hydrogen (secondary N) is 2. The quantitative estimate of drug-likeness (QED) is 0.436. The van der Waals surface area contributed by atoms with Crippen molar-refractivity contribution in [2.75, 3.05) is 38.8 Å².